The summed E-state index contributed by atoms with van der Waals surface area (Å²) in [6.07, 6.45) is 1.55. The fraction of sp³-hybridized carbons (Fsp3) is 0.381. The van der Waals surface area contributed by atoms with Crippen molar-refractivity contribution in [3.8, 4) is 17.2 Å². The third kappa shape index (κ3) is 6.53. The maximum Gasteiger partial charge on any atom is 0.251 e. The van der Waals surface area contributed by atoms with Gasteiger partial charge in [-0.3, -0.25) is 4.79 Å². The molecule has 0 aliphatic carbocycles. The number of amides is 1. The normalized spacial score (nSPS) is 12.2. The van der Waals surface area contributed by atoms with E-state index in [4.69, 9.17) is 25.8 Å². The summed E-state index contributed by atoms with van der Waals surface area (Å²) in [6, 6.07) is 10.3. The highest BCUT2D eigenvalue weighted by molar-refractivity contribution is 7.90. The van der Waals surface area contributed by atoms with Crippen molar-refractivity contribution in [1.29, 1.82) is 0 Å². The molecule has 1 atom stereocenters. The minimum Gasteiger partial charge on any atom is -0.493 e. The number of hydrogen-bond acceptors (Lipinski definition) is 6. The summed E-state index contributed by atoms with van der Waals surface area (Å²) in [5.41, 5.74) is 1.19. The Kier molecular flexibility index (Phi) is 8.37. The molecule has 164 valence electrons. The maximum atomic E-state index is 12.8. The highest BCUT2D eigenvalue weighted by atomic mass is 35.5. The molecule has 1 unspecified atom stereocenters. The van der Waals surface area contributed by atoms with Gasteiger partial charge in [-0.1, -0.05) is 23.7 Å². The van der Waals surface area contributed by atoms with E-state index >= 15 is 0 Å². The van der Waals surface area contributed by atoms with Gasteiger partial charge in [0.1, 0.15) is 9.84 Å². The van der Waals surface area contributed by atoms with E-state index in [1.807, 2.05) is 6.07 Å². The first-order chi connectivity index (χ1) is 14.2. The molecule has 0 saturated heterocycles. The van der Waals surface area contributed by atoms with E-state index in [1.54, 1.807) is 30.3 Å². The van der Waals surface area contributed by atoms with Gasteiger partial charge in [-0.25, -0.2) is 8.42 Å². The third-order valence-electron chi connectivity index (χ3n) is 4.59. The molecule has 0 aromatic heterocycles. The third-order valence-corrected chi connectivity index (χ3v) is 5.81. The van der Waals surface area contributed by atoms with Crippen molar-refractivity contribution in [2.45, 2.75) is 12.3 Å². The molecule has 0 aliphatic rings. The van der Waals surface area contributed by atoms with Crippen LogP contribution in [0.3, 0.4) is 0 Å². The molecule has 1 N–H and O–H groups in total. The number of sulfone groups is 1. The average molecular weight is 456 g/mol. The predicted molar refractivity (Wildman–Crippen MR) is 117 cm³/mol. The van der Waals surface area contributed by atoms with Crippen LogP contribution in [0.1, 0.15) is 28.3 Å². The smallest absolute Gasteiger partial charge is 0.251 e. The molecule has 30 heavy (non-hydrogen) atoms. The van der Waals surface area contributed by atoms with Crippen LogP contribution >= 0.6 is 11.6 Å². The number of halogens is 1. The van der Waals surface area contributed by atoms with E-state index < -0.39 is 9.84 Å². The van der Waals surface area contributed by atoms with Crippen LogP contribution in [0.25, 0.3) is 0 Å². The molecule has 0 saturated carbocycles. The summed E-state index contributed by atoms with van der Waals surface area (Å²) >= 11 is 6.09. The molecule has 7 nitrogen and oxygen atoms in total. The van der Waals surface area contributed by atoms with Gasteiger partial charge in [0.05, 0.1) is 27.1 Å². The van der Waals surface area contributed by atoms with E-state index in [1.165, 1.54) is 27.6 Å². The highest BCUT2D eigenvalue weighted by Crippen LogP contribution is 2.38. The van der Waals surface area contributed by atoms with Crippen LogP contribution in [0.5, 0.6) is 17.2 Å². The number of ether oxygens (including phenoxy) is 3. The van der Waals surface area contributed by atoms with E-state index in [0.717, 1.165) is 5.56 Å². The number of carbonyl (C=O) groups is 1. The second-order valence-electron chi connectivity index (χ2n) is 6.79. The van der Waals surface area contributed by atoms with Crippen LogP contribution in [-0.4, -0.2) is 54.2 Å². The fourth-order valence-electron chi connectivity index (χ4n) is 3.03. The van der Waals surface area contributed by atoms with Gasteiger partial charge < -0.3 is 19.5 Å². The lowest BCUT2D eigenvalue weighted by molar-refractivity contribution is 0.0950. The number of hydrogen-bond donors (Lipinski definition) is 1. The van der Waals surface area contributed by atoms with Crippen molar-refractivity contribution in [2.75, 3.05) is 39.9 Å². The molecular weight excluding hydrogens is 430 g/mol. The number of carbonyl (C=O) groups excluding carboxylic acids is 1. The van der Waals surface area contributed by atoms with Crippen molar-refractivity contribution in [2.24, 2.45) is 0 Å². The second kappa shape index (κ2) is 10.5. The predicted octanol–water partition coefficient (Wildman–Crippen LogP) is 3.31. The molecule has 0 fully saturated rings. The Morgan fingerprint density at radius 2 is 1.70 bits per heavy atom. The van der Waals surface area contributed by atoms with Crippen LogP contribution in [0, 0.1) is 0 Å². The van der Waals surface area contributed by atoms with E-state index in [0.29, 0.717) is 34.3 Å². The maximum absolute atomic E-state index is 12.8. The summed E-state index contributed by atoms with van der Waals surface area (Å²) < 4.78 is 39.1. The van der Waals surface area contributed by atoms with Crippen molar-refractivity contribution in [3.63, 3.8) is 0 Å². The molecule has 0 heterocycles. The Hall–Kier alpha value is -2.45. The molecule has 0 spiro atoms. The zero-order chi connectivity index (χ0) is 22.3. The van der Waals surface area contributed by atoms with Crippen LogP contribution in [-0.2, 0) is 9.84 Å². The molecular formula is C21H26ClNO6S. The lowest BCUT2D eigenvalue weighted by Gasteiger charge is -2.19. The Labute approximate surface area is 182 Å². The van der Waals surface area contributed by atoms with Gasteiger partial charge in [0, 0.05) is 29.3 Å². The Morgan fingerprint density at radius 3 is 2.20 bits per heavy atom. The first-order valence-corrected chi connectivity index (χ1v) is 11.6. The van der Waals surface area contributed by atoms with Gasteiger partial charge in [0.15, 0.2) is 11.5 Å². The zero-order valence-electron chi connectivity index (χ0n) is 17.4. The van der Waals surface area contributed by atoms with Gasteiger partial charge in [0.25, 0.3) is 5.91 Å². The van der Waals surface area contributed by atoms with Gasteiger partial charge >= 0.3 is 0 Å². The molecule has 1 amide bonds. The number of rotatable bonds is 10. The summed E-state index contributed by atoms with van der Waals surface area (Å²) in [6.45, 7) is 0.241. The van der Waals surface area contributed by atoms with E-state index in [9.17, 15) is 13.2 Å². The van der Waals surface area contributed by atoms with Crippen molar-refractivity contribution >= 4 is 27.3 Å². The van der Waals surface area contributed by atoms with Crippen LogP contribution in [0.4, 0.5) is 0 Å². The Morgan fingerprint density at radius 1 is 1.07 bits per heavy atom. The minimum atomic E-state index is -3.15. The summed E-state index contributed by atoms with van der Waals surface area (Å²) in [5.74, 6) is 0.562. The average Bonchev–Trinajstić information content (AvgIpc) is 2.71. The molecule has 0 aliphatic heterocycles. The first-order valence-electron chi connectivity index (χ1n) is 9.20. The fourth-order valence-corrected chi connectivity index (χ4v) is 3.94. The lowest BCUT2D eigenvalue weighted by Crippen LogP contribution is -2.29. The largest absolute Gasteiger partial charge is 0.493 e. The lowest BCUT2D eigenvalue weighted by atomic mass is 9.96. The van der Waals surface area contributed by atoms with E-state index in [2.05, 4.69) is 5.32 Å². The van der Waals surface area contributed by atoms with Crippen LogP contribution in [0.2, 0.25) is 5.02 Å². The van der Waals surface area contributed by atoms with Gasteiger partial charge in [-0.05, 0) is 36.2 Å². The van der Waals surface area contributed by atoms with Crippen molar-refractivity contribution in [3.05, 3.63) is 52.5 Å². The Balaban J connectivity index is 2.22. The van der Waals surface area contributed by atoms with Crippen molar-refractivity contribution in [1.82, 2.24) is 5.32 Å². The van der Waals surface area contributed by atoms with Gasteiger partial charge in [-0.2, -0.15) is 0 Å². The zero-order valence-corrected chi connectivity index (χ0v) is 19.0. The van der Waals surface area contributed by atoms with Crippen molar-refractivity contribution < 1.29 is 27.4 Å². The van der Waals surface area contributed by atoms with Crippen LogP contribution < -0.4 is 19.5 Å². The minimum absolute atomic E-state index is 0.00420. The quantitative estimate of drug-likeness (QED) is 0.591. The number of nitrogens with one attached hydrogen (secondary N) is 1. The summed E-state index contributed by atoms with van der Waals surface area (Å²) in [5, 5.41) is 3.41. The molecule has 2 aromatic carbocycles. The van der Waals surface area contributed by atoms with Gasteiger partial charge in [-0.15, -0.1) is 0 Å². The molecule has 0 radical (unpaired) electrons. The second-order valence-corrected chi connectivity index (χ2v) is 9.49. The summed E-state index contributed by atoms with van der Waals surface area (Å²) in [4.78, 5) is 12.8. The summed E-state index contributed by atoms with van der Waals surface area (Å²) in [7, 11) is 1.28. The SMILES string of the molecule is COc1cc(C(=O)NCC(CCS(C)(=O)=O)c2cccc(Cl)c2)cc(OC)c1OC. The Bertz CT molecular complexity index is 968. The monoisotopic (exact) mass is 455 g/mol. The highest BCUT2D eigenvalue weighted by Gasteiger charge is 2.20. The first kappa shape index (κ1) is 23.8. The van der Waals surface area contributed by atoms with E-state index in [-0.39, 0.29) is 24.1 Å². The molecule has 2 aromatic rings. The molecule has 0 bridgehead atoms. The topological polar surface area (TPSA) is 90.9 Å². The van der Waals surface area contributed by atoms with Gasteiger partial charge in [0.2, 0.25) is 5.75 Å². The number of benzene rings is 2. The standard InChI is InChI=1S/C21H26ClNO6S/c1-27-18-11-16(12-19(28-2)20(18)29-3)21(24)23-13-15(8-9-30(4,25)26)14-6-5-7-17(22)10-14/h5-7,10-12,15H,8-9,13H2,1-4H3,(H,23,24). The van der Waals surface area contributed by atoms with Crippen LogP contribution in [0.15, 0.2) is 36.4 Å². The molecule has 2 rings (SSSR count). The molecule has 9 heteroatoms. The number of methoxy groups -OCH3 is 3.